The lowest BCUT2D eigenvalue weighted by atomic mass is 10.4. The molecule has 0 aliphatic carbocycles. The number of furan rings is 1. The van der Waals surface area contributed by atoms with E-state index in [1.165, 1.54) is 0 Å². The van der Waals surface area contributed by atoms with E-state index in [0.717, 1.165) is 5.76 Å². The Morgan fingerprint density at radius 1 is 1.62 bits per heavy atom. The molecule has 5 heteroatoms. The number of nitrogens with zero attached hydrogens (tertiary/aromatic N) is 1. The van der Waals surface area contributed by atoms with Crippen LogP contribution in [0.3, 0.4) is 0 Å². The summed E-state index contributed by atoms with van der Waals surface area (Å²) in [5.41, 5.74) is 0. The lowest BCUT2D eigenvalue weighted by molar-refractivity contribution is -0.122. The van der Waals surface area contributed by atoms with Crippen molar-refractivity contribution < 1.29 is 13.9 Å². The molecule has 5 nitrogen and oxygen atoms in total. The second kappa shape index (κ2) is 7.03. The van der Waals surface area contributed by atoms with E-state index < -0.39 is 0 Å². The number of amides is 1. The topological polar surface area (TPSA) is 54.7 Å². The molecular weight excluding hydrogens is 208 g/mol. The first kappa shape index (κ1) is 12.7. The maximum absolute atomic E-state index is 11.4. The highest BCUT2D eigenvalue weighted by atomic mass is 16.5. The lowest BCUT2D eigenvalue weighted by Gasteiger charge is -2.14. The first-order valence-electron chi connectivity index (χ1n) is 5.19. The van der Waals surface area contributed by atoms with E-state index in [2.05, 4.69) is 5.32 Å². The van der Waals surface area contributed by atoms with Gasteiger partial charge in [0.25, 0.3) is 0 Å². The van der Waals surface area contributed by atoms with Gasteiger partial charge in [-0.2, -0.15) is 0 Å². The lowest BCUT2D eigenvalue weighted by Crippen LogP contribution is -2.36. The van der Waals surface area contributed by atoms with Crippen molar-refractivity contribution in [2.24, 2.45) is 0 Å². The second-order valence-electron chi connectivity index (χ2n) is 3.59. The monoisotopic (exact) mass is 226 g/mol. The number of nitrogens with one attached hydrogen (secondary N) is 1. The number of ether oxygens (including phenoxy) is 1. The van der Waals surface area contributed by atoms with Gasteiger partial charge in [-0.25, -0.2) is 0 Å². The molecular formula is C11H18N2O3. The standard InChI is InChI=1S/C11H18N2O3/c1-13(8-10-4-3-6-16-10)9-11(14)12-5-7-15-2/h3-4,6H,5,7-9H2,1-2H3,(H,12,14). The number of carbonyl (C=O) groups excluding carboxylic acids is 1. The first-order valence-corrected chi connectivity index (χ1v) is 5.19. The molecule has 1 N–H and O–H groups in total. The highest BCUT2D eigenvalue weighted by Gasteiger charge is 2.07. The van der Waals surface area contributed by atoms with E-state index in [4.69, 9.17) is 9.15 Å². The van der Waals surface area contributed by atoms with Gasteiger partial charge < -0.3 is 14.5 Å². The minimum atomic E-state index is -0.00824. The summed E-state index contributed by atoms with van der Waals surface area (Å²) < 4.78 is 10.0. The quantitative estimate of drug-likeness (QED) is 0.687. The first-order chi connectivity index (χ1) is 7.72. The summed E-state index contributed by atoms with van der Waals surface area (Å²) in [7, 11) is 3.48. The molecule has 90 valence electrons. The average Bonchev–Trinajstić information content (AvgIpc) is 2.70. The van der Waals surface area contributed by atoms with Gasteiger partial charge in [0.15, 0.2) is 0 Å². The van der Waals surface area contributed by atoms with E-state index in [-0.39, 0.29) is 5.91 Å². The fourth-order valence-electron chi connectivity index (χ4n) is 1.32. The van der Waals surface area contributed by atoms with Crippen LogP contribution < -0.4 is 5.32 Å². The molecule has 0 aromatic carbocycles. The van der Waals surface area contributed by atoms with Crippen LogP contribution >= 0.6 is 0 Å². The van der Waals surface area contributed by atoms with Gasteiger partial charge in [-0.1, -0.05) is 0 Å². The molecule has 0 spiro atoms. The molecule has 0 saturated carbocycles. The third-order valence-corrected chi connectivity index (χ3v) is 2.05. The molecule has 0 unspecified atom stereocenters. The SMILES string of the molecule is COCCNC(=O)CN(C)Cc1ccco1. The minimum absolute atomic E-state index is 0.00824. The van der Waals surface area contributed by atoms with Crippen molar-refractivity contribution in [3.05, 3.63) is 24.2 Å². The molecule has 0 radical (unpaired) electrons. The fourth-order valence-corrected chi connectivity index (χ4v) is 1.32. The molecule has 1 amide bonds. The van der Waals surface area contributed by atoms with Crippen LogP contribution in [0.1, 0.15) is 5.76 Å². The fraction of sp³-hybridized carbons (Fsp3) is 0.545. The van der Waals surface area contributed by atoms with Gasteiger partial charge in [0.05, 0.1) is 26.0 Å². The minimum Gasteiger partial charge on any atom is -0.468 e. The Morgan fingerprint density at radius 3 is 3.06 bits per heavy atom. The number of methoxy groups -OCH3 is 1. The van der Waals surface area contributed by atoms with E-state index in [1.54, 1.807) is 13.4 Å². The van der Waals surface area contributed by atoms with Gasteiger partial charge >= 0.3 is 0 Å². The predicted octanol–water partition coefficient (Wildman–Crippen LogP) is 0.474. The van der Waals surface area contributed by atoms with Crippen LogP contribution in [0.2, 0.25) is 0 Å². The Kier molecular flexibility index (Phi) is 5.60. The summed E-state index contributed by atoms with van der Waals surface area (Å²) in [6, 6.07) is 3.72. The largest absolute Gasteiger partial charge is 0.468 e. The third kappa shape index (κ3) is 4.95. The van der Waals surface area contributed by atoms with Crippen molar-refractivity contribution in [1.82, 2.24) is 10.2 Å². The zero-order valence-electron chi connectivity index (χ0n) is 9.73. The molecule has 1 heterocycles. The van der Waals surface area contributed by atoms with Crippen molar-refractivity contribution in [3.8, 4) is 0 Å². The molecule has 0 atom stereocenters. The van der Waals surface area contributed by atoms with Crippen molar-refractivity contribution >= 4 is 5.91 Å². The summed E-state index contributed by atoms with van der Waals surface area (Å²) in [5.74, 6) is 0.846. The molecule has 1 rings (SSSR count). The Hall–Kier alpha value is -1.33. The maximum Gasteiger partial charge on any atom is 0.234 e. The molecule has 1 aromatic heterocycles. The zero-order valence-corrected chi connectivity index (χ0v) is 9.73. The van der Waals surface area contributed by atoms with Crippen molar-refractivity contribution in [2.75, 3.05) is 33.9 Å². The predicted molar refractivity (Wildman–Crippen MR) is 59.9 cm³/mol. The Balaban J connectivity index is 2.18. The Labute approximate surface area is 95.4 Å². The van der Waals surface area contributed by atoms with Gasteiger partial charge in [-0.05, 0) is 19.2 Å². The molecule has 0 aliphatic heterocycles. The van der Waals surface area contributed by atoms with Crippen LogP contribution in [-0.4, -0.2) is 44.7 Å². The van der Waals surface area contributed by atoms with Crippen molar-refractivity contribution in [2.45, 2.75) is 6.54 Å². The van der Waals surface area contributed by atoms with Crippen LogP contribution in [0.25, 0.3) is 0 Å². The number of hydrogen-bond donors (Lipinski definition) is 1. The van der Waals surface area contributed by atoms with Gasteiger partial charge in [-0.15, -0.1) is 0 Å². The number of hydrogen-bond acceptors (Lipinski definition) is 4. The van der Waals surface area contributed by atoms with Crippen LogP contribution in [0.15, 0.2) is 22.8 Å². The van der Waals surface area contributed by atoms with Gasteiger partial charge in [0.2, 0.25) is 5.91 Å². The zero-order chi connectivity index (χ0) is 11.8. The molecule has 0 saturated heterocycles. The normalized spacial score (nSPS) is 10.7. The number of rotatable bonds is 7. The van der Waals surface area contributed by atoms with Crippen LogP contribution in [0, 0.1) is 0 Å². The molecule has 0 aliphatic rings. The van der Waals surface area contributed by atoms with E-state index in [1.807, 2.05) is 24.1 Å². The van der Waals surface area contributed by atoms with Crippen LogP contribution in [0.4, 0.5) is 0 Å². The van der Waals surface area contributed by atoms with Gasteiger partial charge in [-0.3, -0.25) is 9.69 Å². The third-order valence-electron chi connectivity index (χ3n) is 2.05. The molecule has 0 fully saturated rings. The number of likely N-dealkylation sites (N-methyl/N-ethyl adjacent to an activating group) is 1. The Morgan fingerprint density at radius 2 is 2.44 bits per heavy atom. The molecule has 0 bridgehead atoms. The molecule has 16 heavy (non-hydrogen) atoms. The summed E-state index contributed by atoms with van der Waals surface area (Å²) in [6.45, 7) is 2.06. The average molecular weight is 226 g/mol. The highest BCUT2D eigenvalue weighted by Crippen LogP contribution is 2.02. The van der Waals surface area contributed by atoms with Gasteiger partial charge in [0.1, 0.15) is 5.76 Å². The summed E-state index contributed by atoms with van der Waals surface area (Å²) in [5, 5.41) is 2.76. The van der Waals surface area contributed by atoms with E-state index in [0.29, 0.717) is 26.2 Å². The van der Waals surface area contributed by atoms with Crippen LogP contribution in [0.5, 0.6) is 0 Å². The van der Waals surface area contributed by atoms with Crippen molar-refractivity contribution in [3.63, 3.8) is 0 Å². The van der Waals surface area contributed by atoms with E-state index >= 15 is 0 Å². The highest BCUT2D eigenvalue weighted by molar-refractivity contribution is 5.77. The summed E-state index contributed by atoms with van der Waals surface area (Å²) >= 11 is 0. The molecule has 1 aromatic rings. The number of carbonyl (C=O) groups is 1. The summed E-state index contributed by atoms with van der Waals surface area (Å²) in [6.07, 6.45) is 1.63. The van der Waals surface area contributed by atoms with Gasteiger partial charge in [0, 0.05) is 13.7 Å². The smallest absolute Gasteiger partial charge is 0.234 e. The maximum atomic E-state index is 11.4. The van der Waals surface area contributed by atoms with Crippen LogP contribution in [-0.2, 0) is 16.1 Å². The Bertz CT molecular complexity index is 298. The summed E-state index contributed by atoms with van der Waals surface area (Å²) in [4.78, 5) is 13.3. The second-order valence-corrected chi connectivity index (χ2v) is 3.59. The van der Waals surface area contributed by atoms with Crippen molar-refractivity contribution in [1.29, 1.82) is 0 Å². The van der Waals surface area contributed by atoms with E-state index in [9.17, 15) is 4.79 Å².